The number of aromatic nitrogens is 2. The van der Waals surface area contributed by atoms with Crippen LogP contribution in [0.5, 0.6) is 0 Å². The molecule has 5 rings (SSSR count). The Morgan fingerprint density at radius 1 is 0.844 bits per heavy atom. The molecular weight excluding hydrogens is 401 g/mol. The van der Waals surface area contributed by atoms with E-state index < -0.39 is 0 Å². The van der Waals surface area contributed by atoms with E-state index in [2.05, 4.69) is 34.1 Å². The highest BCUT2D eigenvalue weighted by Gasteiger charge is 2.11. The van der Waals surface area contributed by atoms with E-state index in [-0.39, 0.29) is 11.4 Å². The first kappa shape index (κ1) is 20.6. The largest absolute Gasteiger partial charge is 0.299 e. The smallest absolute Gasteiger partial charge is 0.261 e. The molecule has 162 valence electrons. The molecule has 0 aliphatic carbocycles. The third-order valence-corrected chi connectivity index (χ3v) is 6.27. The van der Waals surface area contributed by atoms with Crippen molar-refractivity contribution in [1.82, 2.24) is 14.5 Å². The number of benzene rings is 3. The van der Waals surface area contributed by atoms with Crippen LogP contribution in [-0.4, -0.2) is 27.5 Å². The van der Waals surface area contributed by atoms with Crippen molar-refractivity contribution in [3.05, 3.63) is 100 Å². The maximum atomic E-state index is 13.2. The lowest BCUT2D eigenvalue weighted by molar-refractivity contribution is 0.331. The number of aryl methyl sites for hydroxylation is 2. The second-order valence-corrected chi connectivity index (χ2v) is 8.53. The van der Waals surface area contributed by atoms with Crippen LogP contribution in [0.15, 0.2) is 77.9 Å². The van der Waals surface area contributed by atoms with E-state index in [1.165, 1.54) is 49.2 Å². The molecule has 0 amide bonds. The molecule has 4 aromatic rings. The molecule has 32 heavy (non-hydrogen) atoms. The van der Waals surface area contributed by atoms with Gasteiger partial charge in [0.1, 0.15) is 5.82 Å². The highest BCUT2D eigenvalue weighted by Crippen LogP contribution is 2.22. The summed E-state index contributed by atoms with van der Waals surface area (Å²) >= 11 is 0. The van der Waals surface area contributed by atoms with Crippen LogP contribution in [0.3, 0.4) is 0 Å². The molecule has 0 spiro atoms. The Kier molecular flexibility index (Phi) is 5.82. The average Bonchev–Trinajstić information content (AvgIpc) is 3.33. The molecule has 3 aromatic carbocycles. The number of hydrogen-bond donors (Lipinski definition) is 0. The Morgan fingerprint density at radius 3 is 2.28 bits per heavy atom. The molecule has 5 heteroatoms. The fourth-order valence-corrected chi connectivity index (χ4v) is 4.40. The zero-order valence-electron chi connectivity index (χ0n) is 18.0. The number of fused-ring (bicyclic) bond motifs is 1. The zero-order chi connectivity index (χ0) is 21.9. The van der Waals surface area contributed by atoms with Gasteiger partial charge in [-0.1, -0.05) is 42.5 Å². The molecule has 2 heterocycles. The van der Waals surface area contributed by atoms with Crippen molar-refractivity contribution in [3.8, 4) is 11.1 Å². The minimum absolute atomic E-state index is 0.0358. The van der Waals surface area contributed by atoms with E-state index in [9.17, 15) is 9.18 Å². The Bertz CT molecular complexity index is 1270. The van der Waals surface area contributed by atoms with Gasteiger partial charge in [0, 0.05) is 13.1 Å². The van der Waals surface area contributed by atoms with Crippen molar-refractivity contribution in [2.24, 2.45) is 0 Å². The summed E-state index contributed by atoms with van der Waals surface area (Å²) in [6.07, 6.45) is 5.02. The van der Waals surface area contributed by atoms with E-state index in [1.807, 2.05) is 18.2 Å². The highest BCUT2D eigenvalue weighted by atomic mass is 19.1. The van der Waals surface area contributed by atoms with Crippen molar-refractivity contribution >= 4 is 10.9 Å². The lowest BCUT2D eigenvalue weighted by Gasteiger charge is -2.14. The van der Waals surface area contributed by atoms with E-state index in [0.29, 0.717) is 17.4 Å². The van der Waals surface area contributed by atoms with Gasteiger partial charge in [-0.05, 0) is 78.9 Å². The summed E-state index contributed by atoms with van der Waals surface area (Å²) in [6, 6.07) is 20.6. The maximum Gasteiger partial charge on any atom is 0.261 e. The topological polar surface area (TPSA) is 38.1 Å². The number of halogens is 1. The second kappa shape index (κ2) is 9.05. The predicted molar refractivity (Wildman–Crippen MR) is 126 cm³/mol. The number of likely N-dealkylation sites (tertiary alicyclic amines) is 1. The molecule has 0 atom stereocenters. The van der Waals surface area contributed by atoms with Gasteiger partial charge in [0.05, 0.1) is 17.2 Å². The van der Waals surface area contributed by atoms with E-state index >= 15 is 0 Å². The van der Waals surface area contributed by atoms with Crippen LogP contribution in [0.25, 0.3) is 22.0 Å². The molecule has 0 saturated carbocycles. The average molecular weight is 428 g/mol. The van der Waals surface area contributed by atoms with Crippen LogP contribution < -0.4 is 5.56 Å². The van der Waals surface area contributed by atoms with Gasteiger partial charge >= 0.3 is 0 Å². The summed E-state index contributed by atoms with van der Waals surface area (Å²) in [5.41, 5.74) is 4.99. The zero-order valence-corrected chi connectivity index (χ0v) is 18.0. The maximum absolute atomic E-state index is 13.2. The summed E-state index contributed by atoms with van der Waals surface area (Å²) in [5, 5.41) is 0.597. The Hall–Kier alpha value is -3.31. The predicted octanol–water partition coefficient (Wildman–Crippen LogP) is 5.04. The minimum Gasteiger partial charge on any atom is -0.299 e. The summed E-state index contributed by atoms with van der Waals surface area (Å²) < 4.78 is 14.9. The SMILES string of the molecule is O=c1c2ccc(-c3ccc(F)cc3)cc2ncn1CCc1ccc(CN2CCCC2)cc1. The highest BCUT2D eigenvalue weighted by molar-refractivity contribution is 5.83. The van der Waals surface area contributed by atoms with E-state index in [1.54, 1.807) is 23.0 Å². The number of rotatable bonds is 6. The molecule has 4 nitrogen and oxygen atoms in total. The van der Waals surface area contributed by atoms with Crippen LogP contribution in [0.4, 0.5) is 4.39 Å². The van der Waals surface area contributed by atoms with Crippen LogP contribution in [-0.2, 0) is 19.5 Å². The Morgan fingerprint density at radius 2 is 1.53 bits per heavy atom. The Balaban J connectivity index is 1.29. The van der Waals surface area contributed by atoms with Crippen molar-refractivity contribution in [1.29, 1.82) is 0 Å². The lowest BCUT2D eigenvalue weighted by Crippen LogP contribution is -2.21. The summed E-state index contributed by atoms with van der Waals surface area (Å²) in [6.45, 7) is 4.01. The first-order chi connectivity index (χ1) is 15.7. The molecule has 0 N–H and O–H groups in total. The van der Waals surface area contributed by atoms with Gasteiger partial charge in [0.15, 0.2) is 0 Å². The van der Waals surface area contributed by atoms with Gasteiger partial charge in [-0.25, -0.2) is 9.37 Å². The summed E-state index contributed by atoms with van der Waals surface area (Å²) in [7, 11) is 0. The molecule has 0 unspecified atom stereocenters. The molecular formula is C27H26FN3O. The second-order valence-electron chi connectivity index (χ2n) is 8.53. The standard InChI is InChI=1S/C27H26FN3O/c28-24-10-7-22(8-11-24)23-9-12-25-26(17-23)29-19-31(27(25)32)16-13-20-3-5-21(6-4-20)18-30-14-1-2-15-30/h3-12,17,19H,1-2,13-16,18H2. The molecule has 1 aliphatic rings. The van der Waals surface area contributed by atoms with Gasteiger partial charge in [-0.3, -0.25) is 14.3 Å². The Labute approximate surface area is 187 Å². The summed E-state index contributed by atoms with van der Waals surface area (Å²) in [5.74, 6) is -0.267. The summed E-state index contributed by atoms with van der Waals surface area (Å²) in [4.78, 5) is 20.0. The third-order valence-electron chi connectivity index (χ3n) is 6.27. The lowest BCUT2D eigenvalue weighted by atomic mass is 10.0. The quantitative estimate of drug-likeness (QED) is 0.433. The van der Waals surface area contributed by atoms with Gasteiger partial charge in [0.2, 0.25) is 0 Å². The molecule has 1 saturated heterocycles. The van der Waals surface area contributed by atoms with Gasteiger partial charge in [-0.15, -0.1) is 0 Å². The molecule has 1 aliphatic heterocycles. The van der Waals surface area contributed by atoms with Crippen LogP contribution in [0, 0.1) is 5.82 Å². The first-order valence-electron chi connectivity index (χ1n) is 11.2. The van der Waals surface area contributed by atoms with Crippen molar-refractivity contribution in [2.75, 3.05) is 13.1 Å². The first-order valence-corrected chi connectivity index (χ1v) is 11.2. The van der Waals surface area contributed by atoms with Crippen molar-refractivity contribution in [2.45, 2.75) is 32.4 Å². The molecule has 1 fully saturated rings. The van der Waals surface area contributed by atoms with E-state index in [4.69, 9.17) is 0 Å². The van der Waals surface area contributed by atoms with Crippen LogP contribution in [0.1, 0.15) is 24.0 Å². The third kappa shape index (κ3) is 4.48. The monoisotopic (exact) mass is 427 g/mol. The van der Waals surface area contributed by atoms with Crippen molar-refractivity contribution in [3.63, 3.8) is 0 Å². The number of nitrogens with zero attached hydrogens (tertiary/aromatic N) is 3. The van der Waals surface area contributed by atoms with Gasteiger partial charge in [-0.2, -0.15) is 0 Å². The fourth-order valence-electron chi connectivity index (χ4n) is 4.40. The minimum atomic E-state index is -0.267. The van der Waals surface area contributed by atoms with E-state index in [0.717, 1.165) is 24.1 Å². The van der Waals surface area contributed by atoms with Gasteiger partial charge < -0.3 is 0 Å². The van der Waals surface area contributed by atoms with Crippen LogP contribution >= 0.6 is 0 Å². The fraction of sp³-hybridized carbons (Fsp3) is 0.259. The number of hydrogen-bond acceptors (Lipinski definition) is 3. The molecule has 0 bridgehead atoms. The molecule has 0 radical (unpaired) electrons. The normalized spacial score (nSPS) is 14.3. The van der Waals surface area contributed by atoms with Crippen molar-refractivity contribution < 1.29 is 4.39 Å². The van der Waals surface area contributed by atoms with Gasteiger partial charge in [0.25, 0.3) is 5.56 Å². The van der Waals surface area contributed by atoms with Crippen LogP contribution in [0.2, 0.25) is 0 Å². The molecule has 1 aromatic heterocycles.